The van der Waals surface area contributed by atoms with Crippen LogP contribution in [-0.2, 0) is 11.2 Å². The number of halogens is 1. The van der Waals surface area contributed by atoms with Gasteiger partial charge in [-0.2, -0.15) is 0 Å². The van der Waals surface area contributed by atoms with E-state index in [-0.39, 0.29) is 0 Å². The van der Waals surface area contributed by atoms with Gasteiger partial charge in [-0.25, -0.2) is 0 Å². The Morgan fingerprint density at radius 2 is 2.33 bits per heavy atom. The molecular weight excluding hydrogens is 256 g/mol. The molecule has 15 heavy (non-hydrogen) atoms. The molecule has 0 aliphatic rings. The second kappa shape index (κ2) is 4.16. The Kier molecular flexibility index (Phi) is 2.88. The normalized spacial score (nSPS) is 12.9. The van der Waals surface area contributed by atoms with E-state index in [1.54, 1.807) is 6.29 Å². The first-order valence-corrected chi connectivity index (χ1v) is 5.39. The molecule has 0 spiro atoms. The molecule has 0 aliphatic carbocycles. The van der Waals surface area contributed by atoms with Gasteiger partial charge < -0.3 is 10.7 Å². The van der Waals surface area contributed by atoms with Gasteiger partial charge >= 0.3 is 0 Å². The van der Waals surface area contributed by atoms with Crippen molar-refractivity contribution >= 4 is 33.1 Å². The van der Waals surface area contributed by atoms with Crippen LogP contribution in [0.3, 0.4) is 0 Å². The first-order valence-electron chi connectivity index (χ1n) is 4.59. The van der Waals surface area contributed by atoms with Crippen molar-refractivity contribution < 1.29 is 4.79 Å². The molecule has 77 valence electrons. The van der Waals surface area contributed by atoms with Crippen molar-refractivity contribution in [3.05, 3.63) is 34.4 Å². The van der Waals surface area contributed by atoms with Crippen LogP contribution in [0.4, 0.5) is 0 Å². The van der Waals surface area contributed by atoms with Crippen molar-refractivity contribution in [3.63, 3.8) is 0 Å². The highest BCUT2D eigenvalue weighted by atomic mass is 79.9. The summed E-state index contributed by atoms with van der Waals surface area (Å²) >= 11 is 3.41. The number of nitrogens with two attached hydrogens (primary N) is 1. The van der Waals surface area contributed by atoms with Gasteiger partial charge in [0.25, 0.3) is 0 Å². The van der Waals surface area contributed by atoms with E-state index in [1.807, 2.05) is 24.4 Å². The maximum Gasteiger partial charge on any atom is 0.217 e. The first-order chi connectivity index (χ1) is 7.20. The Hall–Kier alpha value is -1.13. The van der Waals surface area contributed by atoms with Gasteiger partial charge in [-0.05, 0) is 30.2 Å². The quantitative estimate of drug-likeness (QED) is 0.891. The van der Waals surface area contributed by atoms with Crippen LogP contribution in [0, 0.1) is 0 Å². The Morgan fingerprint density at radius 3 is 3.07 bits per heavy atom. The maximum atomic E-state index is 10.4. The van der Waals surface area contributed by atoms with Gasteiger partial charge in [0.1, 0.15) is 0 Å². The van der Waals surface area contributed by atoms with Crippen molar-refractivity contribution in [2.24, 2.45) is 5.73 Å². The van der Waals surface area contributed by atoms with Gasteiger partial charge in [0, 0.05) is 21.6 Å². The summed E-state index contributed by atoms with van der Waals surface area (Å²) in [4.78, 5) is 13.5. The molecule has 0 amide bonds. The lowest BCUT2D eigenvalue weighted by molar-refractivity contribution is 0.541. The predicted molar refractivity (Wildman–Crippen MR) is 63.4 cm³/mol. The molecule has 1 atom stereocenters. The predicted octanol–water partition coefficient (Wildman–Crippen LogP) is 1.91. The molecule has 1 aromatic heterocycles. The molecule has 0 fully saturated rings. The Morgan fingerprint density at radius 1 is 1.53 bits per heavy atom. The fraction of sp³-hybridized carbons (Fsp3) is 0.182. The van der Waals surface area contributed by atoms with Gasteiger partial charge in [-0.15, -0.1) is 0 Å². The molecule has 0 aliphatic heterocycles. The van der Waals surface area contributed by atoms with E-state index in [4.69, 9.17) is 5.73 Å². The number of aromatic nitrogens is 1. The number of hydrogen-bond acceptors (Lipinski definition) is 2. The molecular formula is C11H10BrN2O. The minimum atomic E-state index is -0.553. The number of benzene rings is 1. The van der Waals surface area contributed by atoms with Crippen LogP contribution < -0.4 is 5.73 Å². The molecule has 1 aromatic carbocycles. The van der Waals surface area contributed by atoms with Gasteiger partial charge in [0.05, 0.1) is 6.04 Å². The number of carbonyl (C=O) groups excluding carboxylic acids is 1. The number of hydrogen-bond donors (Lipinski definition) is 2. The highest BCUT2D eigenvalue weighted by Crippen LogP contribution is 2.23. The lowest BCUT2D eigenvalue weighted by atomic mass is 10.1. The van der Waals surface area contributed by atoms with E-state index in [0.717, 1.165) is 20.9 Å². The van der Waals surface area contributed by atoms with Gasteiger partial charge in [-0.1, -0.05) is 15.9 Å². The zero-order valence-corrected chi connectivity index (χ0v) is 9.54. The molecule has 0 saturated carbocycles. The molecule has 0 saturated heterocycles. The fourth-order valence-electron chi connectivity index (χ4n) is 1.60. The van der Waals surface area contributed by atoms with E-state index < -0.39 is 6.04 Å². The Bertz CT molecular complexity index is 492. The first kappa shape index (κ1) is 10.4. The maximum absolute atomic E-state index is 10.4. The second-order valence-corrected chi connectivity index (χ2v) is 4.35. The van der Waals surface area contributed by atoms with E-state index >= 15 is 0 Å². The summed E-state index contributed by atoms with van der Waals surface area (Å²) in [5, 5.41) is 1.09. The number of nitrogens with one attached hydrogen (secondary N) is 1. The van der Waals surface area contributed by atoms with Gasteiger partial charge in [0.2, 0.25) is 6.29 Å². The highest BCUT2D eigenvalue weighted by Gasteiger charge is 2.08. The van der Waals surface area contributed by atoms with Crippen LogP contribution in [0.2, 0.25) is 0 Å². The third kappa shape index (κ3) is 2.11. The van der Waals surface area contributed by atoms with Crippen molar-refractivity contribution in [2.75, 3.05) is 0 Å². The number of rotatable bonds is 3. The van der Waals surface area contributed by atoms with Crippen LogP contribution in [-0.4, -0.2) is 17.3 Å². The average molecular weight is 266 g/mol. The van der Waals surface area contributed by atoms with Crippen LogP contribution >= 0.6 is 15.9 Å². The number of H-pyrrole nitrogens is 1. The van der Waals surface area contributed by atoms with E-state index in [9.17, 15) is 4.79 Å². The average Bonchev–Trinajstić information content (AvgIpc) is 2.61. The zero-order valence-electron chi connectivity index (χ0n) is 7.96. The van der Waals surface area contributed by atoms with Crippen LogP contribution in [0.25, 0.3) is 10.9 Å². The minimum absolute atomic E-state index is 0.514. The van der Waals surface area contributed by atoms with Crippen LogP contribution in [0.5, 0.6) is 0 Å². The molecule has 0 bridgehead atoms. The van der Waals surface area contributed by atoms with E-state index in [2.05, 4.69) is 20.9 Å². The molecule has 0 unspecified atom stereocenters. The summed E-state index contributed by atoms with van der Waals surface area (Å²) in [5.74, 6) is 0. The molecule has 4 heteroatoms. The summed E-state index contributed by atoms with van der Waals surface area (Å²) in [6, 6.07) is 5.41. The Balaban J connectivity index is 2.43. The lowest BCUT2D eigenvalue weighted by Crippen LogP contribution is -2.23. The SMILES string of the molecule is N[C@@H]([C]=O)Cc1c[nH]c2ccc(Br)cc12. The van der Waals surface area contributed by atoms with Crippen molar-refractivity contribution in [3.8, 4) is 0 Å². The third-order valence-electron chi connectivity index (χ3n) is 2.32. The molecule has 1 radical (unpaired) electrons. The molecule has 1 heterocycles. The number of aromatic amines is 1. The number of fused-ring (bicyclic) bond motifs is 1. The zero-order chi connectivity index (χ0) is 10.8. The van der Waals surface area contributed by atoms with Crippen LogP contribution in [0.15, 0.2) is 28.9 Å². The van der Waals surface area contributed by atoms with Gasteiger partial charge in [-0.3, -0.25) is 4.79 Å². The molecule has 2 aromatic rings. The minimum Gasteiger partial charge on any atom is -0.361 e. The highest BCUT2D eigenvalue weighted by molar-refractivity contribution is 9.10. The summed E-state index contributed by atoms with van der Waals surface area (Å²) < 4.78 is 1.01. The monoisotopic (exact) mass is 265 g/mol. The topological polar surface area (TPSA) is 58.9 Å². The summed E-state index contributed by atoms with van der Waals surface area (Å²) in [5.41, 5.74) is 7.64. The van der Waals surface area contributed by atoms with Crippen LogP contribution in [0.1, 0.15) is 5.56 Å². The summed E-state index contributed by atoms with van der Waals surface area (Å²) in [6.07, 6.45) is 4.18. The van der Waals surface area contributed by atoms with E-state index in [1.165, 1.54) is 0 Å². The molecule has 3 N–H and O–H groups in total. The molecule has 3 nitrogen and oxygen atoms in total. The van der Waals surface area contributed by atoms with E-state index in [0.29, 0.717) is 6.42 Å². The lowest BCUT2D eigenvalue weighted by Gasteiger charge is -2.01. The van der Waals surface area contributed by atoms with Crippen molar-refractivity contribution in [2.45, 2.75) is 12.5 Å². The third-order valence-corrected chi connectivity index (χ3v) is 2.81. The van der Waals surface area contributed by atoms with Crippen molar-refractivity contribution in [1.82, 2.24) is 4.98 Å². The summed E-state index contributed by atoms with van der Waals surface area (Å²) in [7, 11) is 0. The fourth-order valence-corrected chi connectivity index (χ4v) is 1.96. The smallest absolute Gasteiger partial charge is 0.217 e. The van der Waals surface area contributed by atoms with Crippen molar-refractivity contribution in [1.29, 1.82) is 0 Å². The second-order valence-electron chi connectivity index (χ2n) is 3.43. The molecule has 2 rings (SSSR count). The summed E-state index contributed by atoms with van der Waals surface area (Å²) in [6.45, 7) is 0. The Labute approximate surface area is 95.8 Å². The standard InChI is InChI=1S/C11H10BrN2O/c12-8-1-2-11-10(4-8)7(5-14-11)3-9(13)6-15/h1-2,4-5,9,14H,3,13H2/t9-/m1/s1. The largest absolute Gasteiger partial charge is 0.361 e. The van der Waals surface area contributed by atoms with Gasteiger partial charge in [0.15, 0.2) is 0 Å².